The van der Waals surface area contributed by atoms with E-state index in [2.05, 4.69) is 44.8 Å². The Morgan fingerprint density at radius 3 is 2.46 bits per heavy atom. The Labute approximate surface area is 164 Å². The van der Waals surface area contributed by atoms with E-state index in [0.29, 0.717) is 17.6 Å². The standard InChI is InChI=1S/C19H24BrN3O2S/c1-14-13-23(2)12-11-16(14)21-17-9-6-10-18(19(17)20)22-26(24,25)15-7-4-3-5-8-15/h3-10,14,16,21-22H,11-13H2,1-2H3. The molecule has 0 aliphatic carbocycles. The van der Waals surface area contributed by atoms with E-state index in [9.17, 15) is 8.42 Å². The van der Waals surface area contributed by atoms with E-state index in [1.807, 2.05) is 12.1 Å². The van der Waals surface area contributed by atoms with Crippen molar-refractivity contribution in [3.8, 4) is 0 Å². The van der Waals surface area contributed by atoms with Crippen LogP contribution >= 0.6 is 15.9 Å². The zero-order valence-electron chi connectivity index (χ0n) is 14.9. The average Bonchev–Trinajstić information content (AvgIpc) is 2.61. The van der Waals surface area contributed by atoms with E-state index in [0.717, 1.165) is 29.7 Å². The Morgan fingerprint density at radius 1 is 1.08 bits per heavy atom. The molecule has 1 saturated heterocycles. The smallest absolute Gasteiger partial charge is 0.261 e. The zero-order chi connectivity index (χ0) is 18.7. The van der Waals surface area contributed by atoms with Crippen molar-refractivity contribution in [1.29, 1.82) is 0 Å². The number of piperidine rings is 1. The molecule has 26 heavy (non-hydrogen) atoms. The van der Waals surface area contributed by atoms with Gasteiger partial charge in [-0.2, -0.15) is 0 Å². The Kier molecular flexibility index (Phi) is 5.89. The normalized spacial score (nSPS) is 21.3. The molecule has 1 aliphatic rings. The molecule has 7 heteroatoms. The second-order valence-electron chi connectivity index (χ2n) is 6.86. The molecule has 2 atom stereocenters. The maximum absolute atomic E-state index is 12.6. The number of rotatable bonds is 5. The highest BCUT2D eigenvalue weighted by atomic mass is 79.9. The summed E-state index contributed by atoms with van der Waals surface area (Å²) in [6, 6.07) is 14.3. The van der Waals surface area contributed by atoms with Gasteiger partial charge in [0, 0.05) is 12.6 Å². The van der Waals surface area contributed by atoms with Crippen LogP contribution < -0.4 is 10.0 Å². The van der Waals surface area contributed by atoms with Crippen molar-refractivity contribution in [2.45, 2.75) is 24.3 Å². The van der Waals surface area contributed by atoms with Crippen LogP contribution in [0.1, 0.15) is 13.3 Å². The van der Waals surface area contributed by atoms with Gasteiger partial charge in [0.2, 0.25) is 0 Å². The highest BCUT2D eigenvalue weighted by Gasteiger charge is 2.25. The first-order valence-electron chi connectivity index (χ1n) is 8.68. The minimum absolute atomic E-state index is 0.245. The summed E-state index contributed by atoms with van der Waals surface area (Å²) in [7, 11) is -1.48. The average molecular weight is 438 g/mol. The van der Waals surface area contributed by atoms with Crippen LogP contribution in [-0.4, -0.2) is 39.5 Å². The van der Waals surface area contributed by atoms with E-state index >= 15 is 0 Å². The summed E-state index contributed by atoms with van der Waals surface area (Å²) in [6.45, 7) is 4.35. The van der Waals surface area contributed by atoms with E-state index in [1.165, 1.54) is 0 Å². The first kappa shape index (κ1) is 19.2. The van der Waals surface area contributed by atoms with Gasteiger partial charge in [-0.3, -0.25) is 4.72 Å². The van der Waals surface area contributed by atoms with E-state index in [1.54, 1.807) is 36.4 Å². The second kappa shape index (κ2) is 7.98. The van der Waals surface area contributed by atoms with E-state index < -0.39 is 10.0 Å². The van der Waals surface area contributed by atoms with E-state index in [4.69, 9.17) is 0 Å². The molecule has 2 aromatic carbocycles. The minimum Gasteiger partial charge on any atom is -0.381 e. The summed E-state index contributed by atoms with van der Waals surface area (Å²) in [5.41, 5.74) is 1.43. The molecule has 1 heterocycles. The van der Waals surface area contributed by atoms with Crippen LogP contribution in [0.15, 0.2) is 57.9 Å². The van der Waals surface area contributed by atoms with Gasteiger partial charge in [0.1, 0.15) is 0 Å². The third kappa shape index (κ3) is 4.39. The topological polar surface area (TPSA) is 61.4 Å². The molecule has 0 saturated carbocycles. The molecule has 2 unspecified atom stereocenters. The molecule has 5 nitrogen and oxygen atoms in total. The lowest BCUT2D eigenvalue weighted by atomic mass is 9.94. The number of nitrogens with zero attached hydrogens (tertiary/aromatic N) is 1. The maximum atomic E-state index is 12.6. The van der Waals surface area contributed by atoms with Gasteiger partial charge in [-0.1, -0.05) is 31.2 Å². The van der Waals surface area contributed by atoms with Crippen molar-refractivity contribution < 1.29 is 8.42 Å². The maximum Gasteiger partial charge on any atom is 0.261 e. The quantitative estimate of drug-likeness (QED) is 0.741. The van der Waals surface area contributed by atoms with Gasteiger partial charge in [-0.25, -0.2) is 8.42 Å². The van der Waals surface area contributed by atoms with Crippen LogP contribution in [0.5, 0.6) is 0 Å². The largest absolute Gasteiger partial charge is 0.381 e. The molecule has 2 aromatic rings. The van der Waals surface area contributed by atoms with Gasteiger partial charge in [0.05, 0.1) is 20.7 Å². The van der Waals surface area contributed by atoms with Crippen LogP contribution in [0.3, 0.4) is 0 Å². The fraction of sp³-hybridized carbons (Fsp3) is 0.368. The molecule has 2 N–H and O–H groups in total. The van der Waals surface area contributed by atoms with Crippen LogP contribution in [0.25, 0.3) is 0 Å². The van der Waals surface area contributed by atoms with Crippen molar-refractivity contribution in [2.24, 2.45) is 5.92 Å². The Morgan fingerprint density at radius 2 is 1.77 bits per heavy atom. The Hall–Kier alpha value is -1.57. The first-order chi connectivity index (χ1) is 12.4. The van der Waals surface area contributed by atoms with Crippen molar-refractivity contribution >= 4 is 37.3 Å². The first-order valence-corrected chi connectivity index (χ1v) is 11.0. The number of nitrogens with one attached hydrogen (secondary N) is 2. The van der Waals surface area contributed by atoms with Gasteiger partial charge in [-0.15, -0.1) is 0 Å². The third-order valence-electron chi connectivity index (χ3n) is 4.75. The molecule has 0 radical (unpaired) electrons. The summed E-state index contributed by atoms with van der Waals surface area (Å²) in [6.07, 6.45) is 1.06. The molecule has 3 rings (SSSR count). The fourth-order valence-electron chi connectivity index (χ4n) is 3.29. The second-order valence-corrected chi connectivity index (χ2v) is 9.34. The number of halogens is 1. The molecule has 1 fully saturated rings. The number of hydrogen-bond acceptors (Lipinski definition) is 4. The number of benzene rings is 2. The van der Waals surface area contributed by atoms with Crippen molar-refractivity contribution in [3.63, 3.8) is 0 Å². The van der Waals surface area contributed by atoms with Gasteiger partial charge in [0.15, 0.2) is 0 Å². The Bertz CT molecular complexity index is 858. The predicted octanol–water partition coefficient (Wildman–Crippen LogP) is 4.00. The summed E-state index contributed by atoms with van der Waals surface area (Å²) in [4.78, 5) is 2.58. The van der Waals surface area contributed by atoms with Gasteiger partial charge < -0.3 is 10.2 Å². The van der Waals surface area contributed by atoms with E-state index in [-0.39, 0.29) is 4.90 Å². The summed E-state index contributed by atoms with van der Waals surface area (Å²) < 4.78 is 28.6. The fourth-order valence-corrected chi connectivity index (χ4v) is 5.00. The predicted molar refractivity (Wildman–Crippen MR) is 110 cm³/mol. The zero-order valence-corrected chi connectivity index (χ0v) is 17.3. The monoisotopic (exact) mass is 437 g/mol. The SMILES string of the molecule is CC1CN(C)CCC1Nc1cccc(NS(=O)(=O)c2ccccc2)c1Br. The van der Waals surface area contributed by atoms with Crippen LogP contribution in [0.4, 0.5) is 11.4 Å². The molecular weight excluding hydrogens is 414 g/mol. The number of hydrogen-bond donors (Lipinski definition) is 2. The molecule has 0 amide bonds. The van der Waals surface area contributed by atoms with Crippen molar-refractivity contribution in [2.75, 3.05) is 30.2 Å². The van der Waals surface area contributed by atoms with Crippen LogP contribution in [0, 0.1) is 5.92 Å². The molecule has 1 aliphatic heterocycles. The number of anilines is 2. The lowest BCUT2D eigenvalue weighted by Gasteiger charge is -2.36. The van der Waals surface area contributed by atoms with Gasteiger partial charge in [0.25, 0.3) is 10.0 Å². The summed E-state index contributed by atoms with van der Waals surface area (Å²) >= 11 is 3.57. The summed E-state index contributed by atoms with van der Waals surface area (Å²) in [5, 5.41) is 3.58. The van der Waals surface area contributed by atoms with Crippen LogP contribution in [-0.2, 0) is 10.0 Å². The number of likely N-dealkylation sites (tertiary alicyclic amines) is 1. The Balaban J connectivity index is 1.79. The van der Waals surface area contributed by atoms with Crippen molar-refractivity contribution in [3.05, 3.63) is 53.0 Å². The van der Waals surface area contributed by atoms with Crippen LogP contribution in [0.2, 0.25) is 0 Å². The van der Waals surface area contributed by atoms with Gasteiger partial charge in [-0.05, 0) is 66.1 Å². The lowest BCUT2D eigenvalue weighted by molar-refractivity contribution is 0.206. The lowest BCUT2D eigenvalue weighted by Crippen LogP contribution is -2.43. The summed E-state index contributed by atoms with van der Waals surface area (Å²) in [5.74, 6) is 0.519. The minimum atomic E-state index is -3.62. The van der Waals surface area contributed by atoms with Gasteiger partial charge >= 0.3 is 0 Å². The molecule has 0 spiro atoms. The highest BCUT2D eigenvalue weighted by Crippen LogP contribution is 2.33. The molecule has 0 bridgehead atoms. The third-order valence-corrected chi connectivity index (χ3v) is 6.98. The number of sulfonamides is 1. The molecular formula is C19H24BrN3O2S. The van der Waals surface area contributed by atoms with Crippen molar-refractivity contribution in [1.82, 2.24) is 4.90 Å². The molecule has 140 valence electrons. The highest BCUT2D eigenvalue weighted by molar-refractivity contribution is 9.10. The molecule has 0 aromatic heterocycles.